The van der Waals surface area contributed by atoms with Gasteiger partial charge in [0, 0.05) is 13.3 Å². The molecule has 0 aliphatic carbocycles. The highest BCUT2D eigenvalue weighted by atomic mass is 16.5. The van der Waals surface area contributed by atoms with Crippen LogP contribution in [0.25, 0.3) is 10.8 Å². The number of anilines is 1. The van der Waals surface area contributed by atoms with Crippen LogP contribution in [0.4, 0.5) is 5.69 Å². The van der Waals surface area contributed by atoms with Crippen LogP contribution in [0.5, 0.6) is 0 Å². The Morgan fingerprint density at radius 3 is 2.38 bits per heavy atom. The molecule has 0 bridgehead atoms. The van der Waals surface area contributed by atoms with Gasteiger partial charge in [0.05, 0.1) is 18.4 Å². The number of amides is 2. The van der Waals surface area contributed by atoms with Gasteiger partial charge in [-0.25, -0.2) is 4.79 Å². The largest absolute Gasteiger partial charge is 0.467 e. The van der Waals surface area contributed by atoms with E-state index in [2.05, 4.69) is 10.6 Å². The number of rotatable bonds is 6. The first-order valence-electron chi connectivity index (χ1n) is 9.21. The molecule has 0 saturated heterocycles. The van der Waals surface area contributed by atoms with Crippen LogP contribution in [-0.2, 0) is 20.7 Å². The van der Waals surface area contributed by atoms with Gasteiger partial charge < -0.3 is 15.4 Å². The molecule has 6 nitrogen and oxygen atoms in total. The van der Waals surface area contributed by atoms with E-state index in [1.54, 1.807) is 24.3 Å². The third-order valence-corrected chi connectivity index (χ3v) is 4.58. The first-order valence-corrected chi connectivity index (χ1v) is 9.21. The van der Waals surface area contributed by atoms with Gasteiger partial charge in [-0.2, -0.15) is 0 Å². The first-order chi connectivity index (χ1) is 14.0. The van der Waals surface area contributed by atoms with Crippen molar-refractivity contribution in [3.63, 3.8) is 0 Å². The Balaban J connectivity index is 1.88. The van der Waals surface area contributed by atoms with Crippen molar-refractivity contribution in [2.45, 2.75) is 19.4 Å². The molecule has 0 radical (unpaired) electrons. The molecule has 0 spiro atoms. The lowest BCUT2D eigenvalue weighted by Crippen LogP contribution is -2.43. The Morgan fingerprint density at radius 2 is 1.62 bits per heavy atom. The fourth-order valence-corrected chi connectivity index (χ4v) is 3.24. The summed E-state index contributed by atoms with van der Waals surface area (Å²) in [7, 11) is 1.29. The van der Waals surface area contributed by atoms with E-state index in [4.69, 9.17) is 4.74 Å². The summed E-state index contributed by atoms with van der Waals surface area (Å²) in [5.41, 5.74) is 1.58. The topological polar surface area (TPSA) is 84.5 Å². The number of hydrogen-bond acceptors (Lipinski definition) is 4. The highest BCUT2D eigenvalue weighted by Gasteiger charge is 2.24. The van der Waals surface area contributed by atoms with E-state index in [1.807, 2.05) is 42.5 Å². The van der Waals surface area contributed by atoms with Gasteiger partial charge in [-0.3, -0.25) is 9.59 Å². The molecule has 0 fully saturated rings. The third-order valence-electron chi connectivity index (χ3n) is 4.58. The van der Waals surface area contributed by atoms with Gasteiger partial charge in [0.2, 0.25) is 5.91 Å². The molecule has 0 aliphatic heterocycles. The molecule has 0 aliphatic rings. The van der Waals surface area contributed by atoms with Crippen LogP contribution in [0.15, 0.2) is 66.7 Å². The summed E-state index contributed by atoms with van der Waals surface area (Å²) in [5, 5.41) is 7.44. The van der Waals surface area contributed by atoms with Gasteiger partial charge in [-0.05, 0) is 28.5 Å². The maximum absolute atomic E-state index is 12.9. The Bertz CT molecular complexity index is 1060. The summed E-state index contributed by atoms with van der Waals surface area (Å²) >= 11 is 0. The van der Waals surface area contributed by atoms with E-state index in [9.17, 15) is 14.4 Å². The number of carbonyl (C=O) groups is 3. The minimum Gasteiger partial charge on any atom is -0.467 e. The molecule has 148 valence electrons. The highest BCUT2D eigenvalue weighted by molar-refractivity contribution is 6.04. The van der Waals surface area contributed by atoms with Gasteiger partial charge in [-0.1, -0.05) is 54.6 Å². The molecule has 0 heterocycles. The van der Waals surface area contributed by atoms with Crippen molar-refractivity contribution in [3.05, 3.63) is 77.9 Å². The molecular weight excluding hydrogens is 368 g/mol. The van der Waals surface area contributed by atoms with Gasteiger partial charge in [0.1, 0.15) is 6.04 Å². The van der Waals surface area contributed by atoms with E-state index in [0.717, 1.165) is 16.3 Å². The van der Waals surface area contributed by atoms with Gasteiger partial charge in [0.15, 0.2) is 0 Å². The molecular formula is C23H22N2O4. The van der Waals surface area contributed by atoms with Gasteiger partial charge in [0.25, 0.3) is 5.91 Å². The quantitative estimate of drug-likeness (QED) is 0.633. The number of carbonyl (C=O) groups excluding carboxylic acids is 3. The van der Waals surface area contributed by atoms with Crippen molar-refractivity contribution in [2.24, 2.45) is 0 Å². The second kappa shape index (κ2) is 9.01. The van der Waals surface area contributed by atoms with Crippen molar-refractivity contribution in [1.82, 2.24) is 5.32 Å². The number of ether oxygens (including phenoxy) is 1. The predicted molar refractivity (Wildman–Crippen MR) is 112 cm³/mol. The zero-order valence-electron chi connectivity index (χ0n) is 16.3. The lowest BCUT2D eigenvalue weighted by molar-refractivity contribution is -0.142. The zero-order chi connectivity index (χ0) is 20.8. The monoisotopic (exact) mass is 390 g/mol. The number of fused-ring (bicyclic) bond motifs is 1. The summed E-state index contributed by atoms with van der Waals surface area (Å²) in [6.45, 7) is 1.37. The molecule has 3 aromatic rings. The van der Waals surface area contributed by atoms with Gasteiger partial charge >= 0.3 is 5.97 Å². The van der Waals surface area contributed by atoms with E-state index in [-0.39, 0.29) is 17.9 Å². The third kappa shape index (κ3) is 4.79. The Kier molecular flexibility index (Phi) is 6.24. The number of para-hydroxylation sites is 1. The molecule has 1 atom stereocenters. The van der Waals surface area contributed by atoms with Crippen molar-refractivity contribution in [2.75, 3.05) is 12.4 Å². The highest BCUT2D eigenvalue weighted by Crippen LogP contribution is 2.21. The SMILES string of the molecule is COC(=O)[C@H](Cc1cccc2ccccc12)NC(=O)c1ccccc1NC(C)=O. The van der Waals surface area contributed by atoms with Crippen LogP contribution in [-0.4, -0.2) is 30.9 Å². The number of methoxy groups -OCH3 is 1. The maximum Gasteiger partial charge on any atom is 0.328 e. The second-order valence-corrected chi connectivity index (χ2v) is 6.62. The lowest BCUT2D eigenvalue weighted by Gasteiger charge is -2.19. The fourth-order valence-electron chi connectivity index (χ4n) is 3.24. The van der Waals surface area contributed by atoms with Crippen molar-refractivity contribution in [1.29, 1.82) is 0 Å². The number of benzene rings is 3. The summed E-state index contributed by atoms with van der Waals surface area (Å²) < 4.78 is 4.90. The molecule has 0 saturated carbocycles. The molecule has 3 rings (SSSR count). The van der Waals surface area contributed by atoms with Crippen LogP contribution < -0.4 is 10.6 Å². The molecule has 29 heavy (non-hydrogen) atoms. The fraction of sp³-hybridized carbons (Fsp3) is 0.174. The van der Waals surface area contributed by atoms with Crippen molar-refractivity contribution < 1.29 is 19.1 Å². The first kappa shape index (κ1) is 20.1. The van der Waals surface area contributed by atoms with E-state index >= 15 is 0 Å². The lowest BCUT2D eigenvalue weighted by atomic mass is 9.98. The minimum absolute atomic E-state index is 0.273. The van der Waals surface area contributed by atoms with E-state index in [1.165, 1.54) is 14.0 Å². The molecule has 2 amide bonds. The molecule has 6 heteroatoms. The zero-order valence-corrected chi connectivity index (χ0v) is 16.3. The standard InChI is InChI=1S/C23H22N2O4/c1-15(26)24-20-13-6-5-12-19(20)22(27)25-21(23(28)29-2)14-17-10-7-9-16-8-3-4-11-18(16)17/h3-13,21H,14H2,1-2H3,(H,24,26)(H,25,27)/t21-/m0/s1. The predicted octanol–water partition coefficient (Wildman–Crippen LogP) is 3.31. The Hall–Kier alpha value is -3.67. The average Bonchev–Trinajstić information content (AvgIpc) is 2.72. The number of esters is 1. The van der Waals surface area contributed by atoms with Crippen LogP contribution in [0.3, 0.4) is 0 Å². The molecule has 2 N–H and O–H groups in total. The van der Waals surface area contributed by atoms with Gasteiger partial charge in [-0.15, -0.1) is 0 Å². The summed E-state index contributed by atoms with van der Waals surface area (Å²) in [6, 6.07) is 19.5. The van der Waals surface area contributed by atoms with Crippen LogP contribution in [0, 0.1) is 0 Å². The number of hydrogen-bond donors (Lipinski definition) is 2. The van der Waals surface area contributed by atoms with Crippen LogP contribution in [0.1, 0.15) is 22.8 Å². The van der Waals surface area contributed by atoms with Crippen molar-refractivity contribution in [3.8, 4) is 0 Å². The van der Waals surface area contributed by atoms with Crippen molar-refractivity contribution >= 4 is 34.2 Å². The van der Waals surface area contributed by atoms with Crippen LogP contribution >= 0.6 is 0 Å². The Morgan fingerprint density at radius 1 is 0.931 bits per heavy atom. The van der Waals surface area contributed by atoms with Crippen LogP contribution in [0.2, 0.25) is 0 Å². The number of nitrogens with one attached hydrogen (secondary N) is 2. The molecule has 0 unspecified atom stereocenters. The smallest absolute Gasteiger partial charge is 0.328 e. The Labute approximate surface area is 168 Å². The molecule has 3 aromatic carbocycles. The normalized spacial score (nSPS) is 11.5. The van der Waals surface area contributed by atoms with E-state index in [0.29, 0.717) is 5.69 Å². The second-order valence-electron chi connectivity index (χ2n) is 6.62. The summed E-state index contributed by atoms with van der Waals surface area (Å²) in [4.78, 5) is 36.7. The van der Waals surface area contributed by atoms with E-state index < -0.39 is 17.9 Å². The maximum atomic E-state index is 12.9. The summed E-state index contributed by atoms with van der Waals surface area (Å²) in [6.07, 6.45) is 0.280. The summed E-state index contributed by atoms with van der Waals surface area (Å²) in [5.74, 6) is -1.29. The minimum atomic E-state index is -0.872. The molecule has 0 aromatic heterocycles. The average molecular weight is 390 g/mol.